The predicted octanol–water partition coefficient (Wildman–Crippen LogP) is 5.54. The number of carbonyl (C=O) groups excluding carboxylic acids is 1. The van der Waals surface area contributed by atoms with Crippen molar-refractivity contribution in [2.75, 3.05) is 5.32 Å². The summed E-state index contributed by atoms with van der Waals surface area (Å²) in [6.45, 7) is 5.34. The van der Waals surface area contributed by atoms with E-state index in [1.807, 2.05) is 50.2 Å². The Labute approximate surface area is 146 Å². The van der Waals surface area contributed by atoms with Crippen LogP contribution in [0.15, 0.2) is 58.8 Å². The summed E-state index contributed by atoms with van der Waals surface area (Å²) in [6.07, 6.45) is 0. The van der Waals surface area contributed by atoms with Crippen molar-refractivity contribution in [1.29, 1.82) is 0 Å². The first-order chi connectivity index (χ1) is 11.9. The van der Waals surface area contributed by atoms with Crippen LogP contribution < -0.4 is 5.32 Å². The average molecular weight is 333 g/mol. The summed E-state index contributed by atoms with van der Waals surface area (Å²) in [5.74, 6) is -0.0518. The Morgan fingerprint density at radius 1 is 1.00 bits per heavy atom. The number of anilines is 1. The number of carbonyl (C=O) groups is 1. The molecular weight excluding hydrogens is 314 g/mol. The normalized spacial score (nSPS) is 11.2. The Hall–Kier alpha value is -3.21. The number of phenols is 1. The molecule has 0 radical (unpaired) electrons. The number of hydrogen-bond acceptors (Lipinski definition) is 4. The van der Waals surface area contributed by atoms with Crippen LogP contribution >= 0.6 is 0 Å². The largest absolute Gasteiger partial charge is 0.505 e. The molecule has 0 unspecified atom stereocenters. The lowest BCUT2D eigenvalue weighted by atomic mass is 10.0. The Morgan fingerprint density at radius 2 is 1.72 bits per heavy atom. The van der Waals surface area contributed by atoms with E-state index >= 15 is 0 Å². The van der Waals surface area contributed by atoms with Crippen molar-refractivity contribution in [3.05, 3.63) is 59.7 Å². The maximum atomic E-state index is 11.2. The number of aryl methyl sites for hydroxylation is 2. The molecule has 126 valence electrons. The highest BCUT2D eigenvalue weighted by Gasteiger charge is 2.11. The fourth-order valence-corrected chi connectivity index (χ4v) is 2.64. The maximum absolute atomic E-state index is 11.2. The second-order valence-corrected chi connectivity index (χ2v) is 6.04. The summed E-state index contributed by atoms with van der Waals surface area (Å²) in [5.41, 5.74) is 3.82. The first-order valence-corrected chi connectivity index (χ1v) is 7.96. The quantitative estimate of drug-likeness (QED) is 0.618. The molecule has 25 heavy (non-hydrogen) atoms. The van der Waals surface area contributed by atoms with Crippen molar-refractivity contribution in [1.82, 2.24) is 0 Å². The monoisotopic (exact) mass is 333 g/mol. The fourth-order valence-electron chi connectivity index (χ4n) is 2.64. The van der Waals surface area contributed by atoms with E-state index in [4.69, 9.17) is 0 Å². The van der Waals surface area contributed by atoms with Gasteiger partial charge in [-0.25, -0.2) is 0 Å². The van der Waals surface area contributed by atoms with Gasteiger partial charge in [0.2, 0.25) is 5.91 Å². The number of aromatic hydroxyl groups is 1. The molecule has 3 aromatic carbocycles. The molecule has 0 aliphatic carbocycles. The topological polar surface area (TPSA) is 74.0 Å². The van der Waals surface area contributed by atoms with E-state index in [2.05, 4.69) is 15.5 Å². The van der Waals surface area contributed by atoms with Gasteiger partial charge in [0.1, 0.15) is 5.69 Å². The van der Waals surface area contributed by atoms with Gasteiger partial charge in [-0.2, -0.15) is 5.11 Å². The van der Waals surface area contributed by atoms with Crippen LogP contribution in [0.25, 0.3) is 10.8 Å². The number of hydrogen-bond donors (Lipinski definition) is 2. The zero-order chi connectivity index (χ0) is 18.0. The summed E-state index contributed by atoms with van der Waals surface area (Å²) < 4.78 is 0. The molecule has 2 N–H and O–H groups in total. The SMILES string of the molecule is CC(=O)Nc1ccc2c(O)c(N=Nc3ccc(C)cc3)c(C)cc2c1. The lowest BCUT2D eigenvalue weighted by Gasteiger charge is -2.09. The molecule has 0 atom stereocenters. The van der Waals surface area contributed by atoms with Crippen LogP contribution in [0.2, 0.25) is 0 Å². The lowest BCUT2D eigenvalue weighted by Crippen LogP contribution is -2.05. The van der Waals surface area contributed by atoms with Crippen LogP contribution in [0.3, 0.4) is 0 Å². The molecule has 0 bridgehead atoms. The minimum absolute atomic E-state index is 0.0836. The average Bonchev–Trinajstić information content (AvgIpc) is 2.55. The van der Waals surface area contributed by atoms with Crippen LogP contribution in [0, 0.1) is 13.8 Å². The van der Waals surface area contributed by atoms with Crippen molar-refractivity contribution in [3.63, 3.8) is 0 Å². The van der Waals surface area contributed by atoms with E-state index in [1.165, 1.54) is 6.92 Å². The minimum Gasteiger partial charge on any atom is -0.505 e. The highest BCUT2D eigenvalue weighted by Crippen LogP contribution is 2.39. The second-order valence-electron chi connectivity index (χ2n) is 6.04. The number of rotatable bonds is 3. The first kappa shape index (κ1) is 16.6. The van der Waals surface area contributed by atoms with Crippen molar-refractivity contribution < 1.29 is 9.90 Å². The van der Waals surface area contributed by atoms with E-state index in [-0.39, 0.29) is 11.7 Å². The number of phenolic OH excluding ortho intramolecular Hbond substituents is 1. The highest BCUT2D eigenvalue weighted by molar-refractivity contribution is 5.98. The summed E-state index contributed by atoms with van der Waals surface area (Å²) in [6, 6.07) is 14.9. The minimum atomic E-state index is -0.135. The molecule has 0 aliphatic rings. The van der Waals surface area contributed by atoms with E-state index in [0.717, 1.165) is 22.2 Å². The number of amides is 1. The van der Waals surface area contributed by atoms with Crippen LogP contribution in [0.5, 0.6) is 5.75 Å². The molecule has 0 saturated carbocycles. The zero-order valence-electron chi connectivity index (χ0n) is 14.4. The lowest BCUT2D eigenvalue weighted by molar-refractivity contribution is -0.114. The van der Waals surface area contributed by atoms with Gasteiger partial charge in [0, 0.05) is 18.0 Å². The van der Waals surface area contributed by atoms with Crippen molar-refractivity contribution >= 4 is 33.7 Å². The fraction of sp³-hybridized carbons (Fsp3) is 0.150. The maximum Gasteiger partial charge on any atom is 0.221 e. The van der Waals surface area contributed by atoms with Crippen LogP contribution in [0.4, 0.5) is 17.1 Å². The molecule has 3 aromatic rings. The molecule has 0 saturated heterocycles. The number of fused-ring (bicyclic) bond motifs is 1. The summed E-state index contributed by atoms with van der Waals surface area (Å²) >= 11 is 0. The number of azo groups is 1. The van der Waals surface area contributed by atoms with Gasteiger partial charge < -0.3 is 10.4 Å². The Morgan fingerprint density at radius 3 is 2.40 bits per heavy atom. The molecule has 5 nitrogen and oxygen atoms in total. The molecule has 5 heteroatoms. The van der Waals surface area contributed by atoms with Gasteiger partial charge in [0.05, 0.1) is 5.69 Å². The first-order valence-electron chi connectivity index (χ1n) is 7.96. The molecular formula is C20H19N3O2. The van der Waals surface area contributed by atoms with E-state index in [1.54, 1.807) is 12.1 Å². The van der Waals surface area contributed by atoms with Crippen molar-refractivity contribution in [2.24, 2.45) is 10.2 Å². The number of nitrogens with zero attached hydrogens (tertiary/aromatic N) is 2. The Bertz CT molecular complexity index is 976. The van der Waals surface area contributed by atoms with E-state index < -0.39 is 0 Å². The Balaban J connectivity index is 2.01. The summed E-state index contributed by atoms with van der Waals surface area (Å²) in [7, 11) is 0. The van der Waals surface area contributed by atoms with Crippen molar-refractivity contribution in [3.8, 4) is 5.75 Å². The zero-order valence-corrected chi connectivity index (χ0v) is 14.4. The van der Waals surface area contributed by atoms with E-state index in [9.17, 15) is 9.90 Å². The molecule has 3 rings (SSSR count). The predicted molar refractivity (Wildman–Crippen MR) is 100 cm³/mol. The van der Waals surface area contributed by atoms with Crippen LogP contribution in [-0.4, -0.2) is 11.0 Å². The van der Waals surface area contributed by atoms with Gasteiger partial charge in [-0.3, -0.25) is 4.79 Å². The third kappa shape index (κ3) is 3.66. The van der Waals surface area contributed by atoms with Crippen LogP contribution in [-0.2, 0) is 4.79 Å². The molecule has 0 heterocycles. The van der Waals surface area contributed by atoms with Gasteiger partial charge in [0.25, 0.3) is 0 Å². The second kappa shape index (κ2) is 6.73. The van der Waals surface area contributed by atoms with Crippen LogP contribution in [0.1, 0.15) is 18.1 Å². The van der Waals surface area contributed by atoms with E-state index in [0.29, 0.717) is 16.8 Å². The molecule has 0 spiro atoms. The number of nitrogens with one attached hydrogen (secondary N) is 1. The Kier molecular flexibility index (Phi) is 4.48. The highest BCUT2D eigenvalue weighted by atomic mass is 16.3. The molecule has 0 aromatic heterocycles. The van der Waals surface area contributed by atoms with Gasteiger partial charge in [-0.15, -0.1) is 5.11 Å². The third-order valence-electron chi connectivity index (χ3n) is 3.90. The van der Waals surface area contributed by atoms with Gasteiger partial charge in [0.15, 0.2) is 5.75 Å². The standard InChI is InChI=1S/C20H19N3O2/c1-12-4-6-16(7-5-12)22-23-19-13(2)10-15-11-17(21-14(3)24)8-9-18(15)20(19)25/h4-11,25H,1-3H3,(H,21,24). The summed E-state index contributed by atoms with van der Waals surface area (Å²) in [4.78, 5) is 11.2. The summed E-state index contributed by atoms with van der Waals surface area (Å²) in [5, 5.41) is 23.3. The van der Waals surface area contributed by atoms with Gasteiger partial charge >= 0.3 is 0 Å². The molecule has 0 fully saturated rings. The molecule has 0 aliphatic heterocycles. The van der Waals surface area contributed by atoms with Gasteiger partial charge in [-0.1, -0.05) is 17.7 Å². The number of benzene rings is 3. The van der Waals surface area contributed by atoms with Gasteiger partial charge in [-0.05, 0) is 61.2 Å². The smallest absolute Gasteiger partial charge is 0.221 e. The third-order valence-corrected chi connectivity index (χ3v) is 3.90. The molecule has 1 amide bonds. The van der Waals surface area contributed by atoms with Crippen molar-refractivity contribution in [2.45, 2.75) is 20.8 Å².